The summed E-state index contributed by atoms with van der Waals surface area (Å²) in [5.41, 5.74) is 1.41. The van der Waals surface area contributed by atoms with Crippen molar-refractivity contribution in [1.82, 2.24) is 10.2 Å². The summed E-state index contributed by atoms with van der Waals surface area (Å²) in [4.78, 5) is 3.92. The van der Waals surface area contributed by atoms with Crippen LogP contribution in [0.4, 0.5) is 0 Å². The summed E-state index contributed by atoms with van der Waals surface area (Å²) >= 11 is 7.73. The minimum atomic E-state index is 0.527. The molecule has 2 atom stereocenters. The van der Waals surface area contributed by atoms with Crippen molar-refractivity contribution in [3.05, 3.63) is 57.2 Å². The summed E-state index contributed by atoms with van der Waals surface area (Å²) in [6, 6.07) is 16.0. The van der Waals surface area contributed by atoms with Crippen molar-refractivity contribution in [2.45, 2.75) is 32.0 Å². The van der Waals surface area contributed by atoms with Crippen LogP contribution < -0.4 is 5.32 Å². The number of hydrogen-bond donors (Lipinski definition) is 1. The smallest absolute Gasteiger partial charge is 0.0931 e. The zero-order valence-electron chi connectivity index (χ0n) is 12.3. The Morgan fingerprint density at radius 2 is 2.05 bits per heavy atom. The first-order valence-electron chi connectivity index (χ1n) is 7.46. The fourth-order valence-electron chi connectivity index (χ4n) is 2.89. The maximum absolute atomic E-state index is 6.04. The van der Waals surface area contributed by atoms with Crippen LogP contribution in [0.25, 0.3) is 0 Å². The molecule has 4 heteroatoms. The van der Waals surface area contributed by atoms with Crippen molar-refractivity contribution in [2.24, 2.45) is 0 Å². The largest absolute Gasteiger partial charge is 0.311 e. The number of thiophene rings is 1. The highest BCUT2D eigenvalue weighted by Crippen LogP contribution is 2.24. The van der Waals surface area contributed by atoms with Crippen LogP contribution in [-0.4, -0.2) is 30.1 Å². The summed E-state index contributed by atoms with van der Waals surface area (Å²) in [5, 5.41) is 3.67. The van der Waals surface area contributed by atoms with Gasteiger partial charge in [0.05, 0.1) is 4.34 Å². The Balaban J connectivity index is 1.61. The number of nitrogens with zero attached hydrogens (tertiary/aromatic N) is 1. The zero-order chi connectivity index (χ0) is 14.7. The zero-order valence-corrected chi connectivity index (χ0v) is 13.8. The lowest BCUT2D eigenvalue weighted by Gasteiger charge is -2.38. The molecule has 1 aromatic heterocycles. The van der Waals surface area contributed by atoms with E-state index in [1.54, 1.807) is 11.3 Å². The van der Waals surface area contributed by atoms with E-state index in [1.165, 1.54) is 10.4 Å². The van der Waals surface area contributed by atoms with Crippen molar-refractivity contribution in [1.29, 1.82) is 0 Å². The predicted molar refractivity (Wildman–Crippen MR) is 91.1 cm³/mol. The molecule has 1 fully saturated rings. The quantitative estimate of drug-likeness (QED) is 0.921. The van der Waals surface area contributed by atoms with Gasteiger partial charge >= 0.3 is 0 Å². The molecule has 2 heterocycles. The van der Waals surface area contributed by atoms with E-state index >= 15 is 0 Å². The highest BCUT2D eigenvalue weighted by Gasteiger charge is 2.25. The number of nitrogens with one attached hydrogen (secondary N) is 1. The van der Waals surface area contributed by atoms with Gasteiger partial charge in [-0.1, -0.05) is 41.9 Å². The van der Waals surface area contributed by atoms with Crippen molar-refractivity contribution in [2.75, 3.05) is 13.1 Å². The van der Waals surface area contributed by atoms with Crippen LogP contribution in [0.3, 0.4) is 0 Å². The second kappa shape index (κ2) is 6.93. The fraction of sp³-hybridized carbons (Fsp3) is 0.412. The minimum Gasteiger partial charge on any atom is -0.311 e. The molecule has 0 aliphatic carbocycles. The average Bonchev–Trinajstić information content (AvgIpc) is 2.89. The molecule has 1 aromatic carbocycles. The molecule has 2 unspecified atom stereocenters. The Bertz CT molecular complexity index is 569. The van der Waals surface area contributed by atoms with Crippen molar-refractivity contribution in [3.63, 3.8) is 0 Å². The van der Waals surface area contributed by atoms with E-state index in [0.29, 0.717) is 12.1 Å². The lowest BCUT2D eigenvalue weighted by atomic mass is 10.0. The van der Waals surface area contributed by atoms with Gasteiger partial charge in [0.25, 0.3) is 0 Å². The van der Waals surface area contributed by atoms with Crippen LogP contribution in [0, 0.1) is 0 Å². The van der Waals surface area contributed by atoms with Crippen LogP contribution in [0.1, 0.15) is 17.4 Å². The van der Waals surface area contributed by atoms with E-state index in [9.17, 15) is 0 Å². The van der Waals surface area contributed by atoms with Gasteiger partial charge in [-0.2, -0.15) is 0 Å². The van der Waals surface area contributed by atoms with E-state index in [1.807, 2.05) is 6.07 Å². The second-order valence-corrected chi connectivity index (χ2v) is 7.58. The molecule has 0 spiro atoms. The highest BCUT2D eigenvalue weighted by atomic mass is 35.5. The Morgan fingerprint density at radius 1 is 1.24 bits per heavy atom. The number of hydrogen-bond acceptors (Lipinski definition) is 3. The Kier molecular flexibility index (Phi) is 4.96. The maximum atomic E-state index is 6.04. The van der Waals surface area contributed by atoms with Crippen molar-refractivity contribution in [3.8, 4) is 0 Å². The fourth-order valence-corrected chi connectivity index (χ4v) is 4.00. The van der Waals surface area contributed by atoms with E-state index in [-0.39, 0.29) is 0 Å². The molecule has 0 amide bonds. The second-order valence-electron chi connectivity index (χ2n) is 5.78. The first kappa shape index (κ1) is 15.0. The van der Waals surface area contributed by atoms with Gasteiger partial charge in [-0.3, -0.25) is 4.90 Å². The number of halogens is 1. The standard InChI is InChI=1S/C17H21ClN2S/c1-13-10-19-15(9-14-5-3-2-4-6-14)11-20(13)12-16-7-8-17(18)21-16/h2-8,13,15,19H,9-12H2,1H3. The molecule has 0 bridgehead atoms. The highest BCUT2D eigenvalue weighted by molar-refractivity contribution is 7.16. The van der Waals surface area contributed by atoms with Crippen LogP contribution >= 0.6 is 22.9 Å². The maximum Gasteiger partial charge on any atom is 0.0931 e. The van der Waals surface area contributed by atoms with E-state index in [2.05, 4.69) is 53.5 Å². The first-order chi connectivity index (χ1) is 10.2. The van der Waals surface area contributed by atoms with Gasteiger partial charge in [0, 0.05) is 36.6 Å². The average molecular weight is 321 g/mol. The van der Waals surface area contributed by atoms with E-state index in [0.717, 1.165) is 30.4 Å². The molecule has 3 rings (SSSR count). The Morgan fingerprint density at radius 3 is 2.76 bits per heavy atom. The number of rotatable bonds is 4. The molecular formula is C17H21ClN2S. The SMILES string of the molecule is CC1CNC(Cc2ccccc2)CN1Cc1ccc(Cl)s1. The topological polar surface area (TPSA) is 15.3 Å². The van der Waals surface area contributed by atoms with Gasteiger partial charge in [-0.05, 0) is 31.0 Å². The van der Waals surface area contributed by atoms with Gasteiger partial charge in [0.2, 0.25) is 0 Å². The summed E-state index contributed by atoms with van der Waals surface area (Å²) < 4.78 is 0.883. The molecular weight excluding hydrogens is 300 g/mol. The van der Waals surface area contributed by atoms with Gasteiger partial charge in [0.1, 0.15) is 0 Å². The van der Waals surface area contributed by atoms with Gasteiger partial charge in [-0.15, -0.1) is 11.3 Å². The minimum absolute atomic E-state index is 0.527. The Labute approximate surface area is 135 Å². The molecule has 2 nitrogen and oxygen atoms in total. The van der Waals surface area contributed by atoms with Gasteiger partial charge in [-0.25, -0.2) is 0 Å². The molecule has 21 heavy (non-hydrogen) atoms. The van der Waals surface area contributed by atoms with Crippen molar-refractivity contribution < 1.29 is 0 Å². The third kappa shape index (κ3) is 4.07. The van der Waals surface area contributed by atoms with Crippen LogP contribution in [0.2, 0.25) is 4.34 Å². The molecule has 112 valence electrons. The molecule has 1 aliphatic rings. The number of benzene rings is 1. The lowest BCUT2D eigenvalue weighted by Crippen LogP contribution is -2.55. The lowest BCUT2D eigenvalue weighted by molar-refractivity contribution is 0.134. The molecule has 0 radical (unpaired) electrons. The van der Waals surface area contributed by atoms with Crippen LogP contribution in [-0.2, 0) is 13.0 Å². The molecule has 1 N–H and O–H groups in total. The third-order valence-electron chi connectivity index (χ3n) is 4.09. The number of piperazine rings is 1. The predicted octanol–water partition coefficient (Wildman–Crippen LogP) is 3.81. The van der Waals surface area contributed by atoms with E-state index in [4.69, 9.17) is 11.6 Å². The molecule has 1 saturated heterocycles. The van der Waals surface area contributed by atoms with Gasteiger partial charge in [0.15, 0.2) is 0 Å². The third-order valence-corrected chi connectivity index (χ3v) is 5.31. The van der Waals surface area contributed by atoms with Crippen molar-refractivity contribution >= 4 is 22.9 Å². The first-order valence-corrected chi connectivity index (χ1v) is 8.66. The van der Waals surface area contributed by atoms with Gasteiger partial charge < -0.3 is 5.32 Å². The molecule has 1 aliphatic heterocycles. The van der Waals surface area contributed by atoms with Crippen LogP contribution in [0.15, 0.2) is 42.5 Å². The monoisotopic (exact) mass is 320 g/mol. The van der Waals surface area contributed by atoms with E-state index < -0.39 is 0 Å². The summed E-state index contributed by atoms with van der Waals surface area (Å²) in [7, 11) is 0. The normalized spacial score (nSPS) is 23.3. The molecule has 0 saturated carbocycles. The summed E-state index contributed by atoms with van der Waals surface area (Å²) in [6.45, 7) is 5.44. The summed E-state index contributed by atoms with van der Waals surface area (Å²) in [5.74, 6) is 0. The van der Waals surface area contributed by atoms with Crippen LogP contribution in [0.5, 0.6) is 0 Å². The molecule has 2 aromatic rings. The Hall–Kier alpha value is -0.870. The summed E-state index contributed by atoms with van der Waals surface area (Å²) in [6.07, 6.45) is 1.09.